The summed E-state index contributed by atoms with van der Waals surface area (Å²) >= 11 is 3.49. The lowest BCUT2D eigenvalue weighted by Crippen LogP contribution is -2.12. The topological polar surface area (TPSA) is 26.0 Å². The molecule has 0 aliphatic carbocycles. The van der Waals surface area contributed by atoms with Crippen LogP contribution in [0.1, 0.15) is 37.7 Å². The second-order valence-corrected chi connectivity index (χ2v) is 4.55. The van der Waals surface area contributed by atoms with Gasteiger partial charge in [-0.05, 0) is 36.6 Å². The first-order chi connectivity index (χ1) is 6.77. The maximum absolute atomic E-state index is 5.78. The van der Waals surface area contributed by atoms with Gasteiger partial charge < -0.3 is 5.73 Å². The Kier molecular flexibility index (Phi) is 5.20. The smallest absolute Gasteiger partial charge is 0.0178 e. The molecule has 0 fully saturated rings. The molecule has 0 radical (unpaired) electrons. The molecule has 2 heteroatoms. The summed E-state index contributed by atoms with van der Waals surface area (Å²) < 4.78 is 1.14. The van der Waals surface area contributed by atoms with Crippen LogP contribution in [-0.4, -0.2) is 6.54 Å². The average Bonchev–Trinajstić information content (AvgIpc) is 2.19. The minimum atomic E-state index is 0.521. The van der Waals surface area contributed by atoms with Crippen molar-refractivity contribution in [2.45, 2.75) is 32.1 Å². The van der Waals surface area contributed by atoms with E-state index in [4.69, 9.17) is 5.73 Å². The van der Waals surface area contributed by atoms with E-state index in [0.717, 1.165) is 11.0 Å². The maximum Gasteiger partial charge on any atom is 0.0178 e. The van der Waals surface area contributed by atoms with Crippen LogP contribution in [0, 0.1) is 0 Å². The number of benzene rings is 1. The molecule has 0 aliphatic heterocycles. The van der Waals surface area contributed by atoms with Crippen LogP contribution in [0.25, 0.3) is 0 Å². The molecule has 1 nitrogen and oxygen atoms in total. The van der Waals surface area contributed by atoms with E-state index in [-0.39, 0.29) is 0 Å². The molecule has 1 unspecified atom stereocenters. The lowest BCUT2D eigenvalue weighted by atomic mass is 9.94. The van der Waals surface area contributed by atoms with Gasteiger partial charge in [-0.3, -0.25) is 0 Å². The molecule has 1 aromatic carbocycles. The van der Waals surface area contributed by atoms with Crippen molar-refractivity contribution in [1.29, 1.82) is 0 Å². The first-order valence-electron chi connectivity index (χ1n) is 5.23. The Balaban J connectivity index is 2.68. The summed E-state index contributed by atoms with van der Waals surface area (Å²) in [6, 6.07) is 8.47. The molecule has 0 spiro atoms. The highest BCUT2D eigenvalue weighted by Crippen LogP contribution is 2.23. The number of unbranched alkanes of at least 4 members (excludes halogenated alkanes) is 1. The van der Waals surface area contributed by atoms with E-state index in [1.165, 1.54) is 24.8 Å². The second kappa shape index (κ2) is 6.20. The zero-order chi connectivity index (χ0) is 10.4. The van der Waals surface area contributed by atoms with E-state index >= 15 is 0 Å². The number of rotatable bonds is 5. The van der Waals surface area contributed by atoms with E-state index in [0.29, 0.717) is 5.92 Å². The molecule has 1 atom stereocenters. The van der Waals surface area contributed by atoms with Gasteiger partial charge in [-0.2, -0.15) is 0 Å². The van der Waals surface area contributed by atoms with Crippen molar-refractivity contribution in [2.24, 2.45) is 5.73 Å². The fourth-order valence-electron chi connectivity index (χ4n) is 1.63. The summed E-state index contributed by atoms with van der Waals surface area (Å²) in [6.07, 6.45) is 3.70. The first kappa shape index (κ1) is 11.7. The fraction of sp³-hybridized carbons (Fsp3) is 0.500. The number of hydrogen-bond acceptors (Lipinski definition) is 1. The van der Waals surface area contributed by atoms with Crippen molar-refractivity contribution in [1.82, 2.24) is 0 Å². The van der Waals surface area contributed by atoms with Gasteiger partial charge in [-0.15, -0.1) is 0 Å². The number of nitrogens with two attached hydrogens (primary N) is 1. The molecule has 0 bridgehead atoms. The molecule has 1 rings (SSSR count). The first-order valence-corrected chi connectivity index (χ1v) is 6.02. The molecule has 0 saturated heterocycles. The van der Waals surface area contributed by atoms with Gasteiger partial charge in [0.05, 0.1) is 0 Å². The molecular weight excluding hydrogens is 238 g/mol. The van der Waals surface area contributed by atoms with E-state index < -0.39 is 0 Å². The van der Waals surface area contributed by atoms with Crippen LogP contribution in [0.4, 0.5) is 0 Å². The monoisotopic (exact) mass is 255 g/mol. The molecule has 0 saturated carbocycles. The third-order valence-corrected chi connectivity index (χ3v) is 3.00. The van der Waals surface area contributed by atoms with Crippen molar-refractivity contribution in [3.63, 3.8) is 0 Å². The maximum atomic E-state index is 5.78. The van der Waals surface area contributed by atoms with Gasteiger partial charge in [-0.25, -0.2) is 0 Å². The Labute approximate surface area is 94.8 Å². The predicted molar refractivity (Wildman–Crippen MR) is 65.5 cm³/mol. The lowest BCUT2D eigenvalue weighted by molar-refractivity contribution is 0.592. The molecule has 0 aliphatic rings. The summed E-state index contributed by atoms with van der Waals surface area (Å²) in [6.45, 7) is 2.96. The molecule has 0 amide bonds. The van der Waals surface area contributed by atoms with Crippen molar-refractivity contribution < 1.29 is 0 Å². The van der Waals surface area contributed by atoms with Crippen LogP contribution in [0.2, 0.25) is 0 Å². The quantitative estimate of drug-likeness (QED) is 0.854. The summed E-state index contributed by atoms with van der Waals surface area (Å²) in [5.41, 5.74) is 7.14. The van der Waals surface area contributed by atoms with Gasteiger partial charge in [0.2, 0.25) is 0 Å². The van der Waals surface area contributed by atoms with Crippen LogP contribution >= 0.6 is 15.9 Å². The largest absolute Gasteiger partial charge is 0.330 e. The Morgan fingerprint density at radius 2 is 2.21 bits per heavy atom. The third-order valence-electron chi connectivity index (χ3n) is 2.51. The summed E-state index contributed by atoms with van der Waals surface area (Å²) in [5, 5.41) is 0. The SMILES string of the molecule is CCCCC(CN)c1cccc(Br)c1. The number of hydrogen-bond donors (Lipinski definition) is 1. The highest BCUT2D eigenvalue weighted by Gasteiger charge is 2.08. The van der Waals surface area contributed by atoms with Crippen molar-refractivity contribution >= 4 is 15.9 Å². The molecule has 14 heavy (non-hydrogen) atoms. The lowest BCUT2D eigenvalue weighted by Gasteiger charge is -2.14. The van der Waals surface area contributed by atoms with Crippen LogP contribution < -0.4 is 5.73 Å². The average molecular weight is 256 g/mol. The van der Waals surface area contributed by atoms with Crippen molar-refractivity contribution in [3.8, 4) is 0 Å². The van der Waals surface area contributed by atoms with E-state index in [1.807, 2.05) is 0 Å². The Morgan fingerprint density at radius 3 is 2.79 bits per heavy atom. The highest BCUT2D eigenvalue weighted by atomic mass is 79.9. The van der Waals surface area contributed by atoms with Crippen molar-refractivity contribution in [3.05, 3.63) is 34.3 Å². The highest BCUT2D eigenvalue weighted by molar-refractivity contribution is 9.10. The van der Waals surface area contributed by atoms with E-state index in [1.54, 1.807) is 0 Å². The van der Waals surface area contributed by atoms with E-state index in [9.17, 15) is 0 Å². The zero-order valence-electron chi connectivity index (χ0n) is 8.67. The zero-order valence-corrected chi connectivity index (χ0v) is 10.3. The van der Waals surface area contributed by atoms with E-state index in [2.05, 4.69) is 47.1 Å². The minimum Gasteiger partial charge on any atom is -0.330 e. The summed E-state index contributed by atoms with van der Waals surface area (Å²) in [5.74, 6) is 0.521. The van der Waals surface area contributed by atoms with Crippen LogP contribution in [0.5, 0.6) is 0 Å². The Morgan fingerprint density at radius 1 is 1.43 bits per heavy atom. The molecule has 2 N–H and O–H groups in total. The van der Waals surface area contributed by atoms with Gasteiger partial charge >= 0.3 is 0 Å². The summed E-state index contributed by atoms with van der Waals surface area (Å²) in [7, 11) is 0. The Hall–Kier alpha value is -0.340. The van der Waals surface area contributed by atoms with Gasteiger partial charge in [0, 0.05) is 4.47 Å². The summed E-state index contributed by atoms with van der Waals surface area (Å²) in [4.78, 5) is 0. The Bertz CT molecular complexity index is 273. The van der Waals surface area contributed by atoms with Gasteiger partial charge in [0.1, 0.15) is 0 Å². The van der Waals surface area contributed by atoms with Crippen LogP contribution in [0.3, 0.4) is 0 Å². The normalized spacial score (nSPS) is 12.8. The van der Waals surface area contributed by atoms with Gasteiger partial charge in [0.15, 0.2) is 0 Å². The minimum absolute atomic E-state index is 0.521. The van der Waals surface area contributed by atoms with Gasteiger partial charge in [0.25, 0.3) is 0 Å². The van der Waals surface area contributed by atoms with Gasteiger partial charge in [-0.1, -0.05) is 47.8 Å². The molecule has 0 aromatic heterocycles. The molecule has 78 valence electrons. The predicted octanol–water partition coefficient (Wildman–Crippen LogP) is 3.68. The third kappa shape index (κ3) is 3.43. The molecule has 0 heterocycles. The van der Waals surface area contributed by atoms with Crippen LogP contribution in [-0.2, 0) is 0 Å². The van der Waals surface area contributed by atoms with Crippen LogP contribution in [0.15, 0.2) is 28.7 Å². The molecule has 1 aromatic rings. The second-order valence-electron chi connectivity index (χ2n) is 3.63. The molecular formula is C12H18BrN. The van der Waals surface area contributed by atoms with Crippen molar-refractivity contribution in [2.75, 3.05) is 6.54 Å². The fourth-order valence-corrected chi connectivity index (χ4v) is 2.05. The standard InChI is InChI=1S/C12H18BrN/c1-2-3-5-11(9-14)10-6-4-7-12(13)8-10/h4,6-8,11H,2-3,5,9,14H2,1H3. The number of halogens is 1.